The second-order valence-corrected chi connectivity index (χ2v) is 17.3. The van der Waals surface area contributed by atoms with Gasteiger partial charge in [0.1, 0.15) is 5.82 Å². The largest absolute Gasteiger partial charge is 0.358 e. The van der Waals surface area contributed by atoms with Gasteiger partial charge in [0.15, 0.2) is 5.82 Å². The van der Waals surface area contributed by atoms with Crippen molar-refractivity contribution >= 4 is 58.7 Å². The molecule has 2 aromatic carbocycles. The summed E-state index contributed by atoms with van der Waals surface area (Å²) in [4.78, 5) is 51.5. The maximum absolute atomic E-state index is 13.3. The van der Waals surface area contributed by atoms with E-state index in [9.17, 15) is 14.4 Å². The predicted molar refractivity (Wildman–Crippen MR) is 214 cm³/mol. The number of benzene rings is 2. The highest BCUT2D eigenvalue weighted by Gasteiger charge is 2.60. The molecule has 4 aromatic rings. The first-order chi connectivity index (χ1) is 26.8. The Hall–Kier alpha value is -4.53. The number of hydrogen-bond donors (Lipinski definition) is 3. The van der Waals surface area contributed by atoms with Gasteiger partial charge in [0.25, 0.3) is 0 Å². The monoisotopic (exact) mass is 762 g/mol. The molecule has 2 saturated carbocycles. The molecule has 0 unspecified atom stereocenters. The Morgan fingerprint density at radius 2 is 1.84 bits per heavy atom. The second kappa shape index (κ2) is 15.2. The van der Waals surface area contributed by atoms with Crippen LogP contribution in [-0.2, 0) is 33.4 Å². The molecule has 5 aliphatic rings. The van der Waals surface area contributed by atoms with Gasteiger partial charge >= 0.3 is 0 Å². The number of aromatic nitrogens is 4. The Morgan fingerprint density at radius 3 is 2.60 bits per heavy atom. The van der Waals surface area contributed by atoms with Crippen LogP contribution in [0.4, 0.5) is 17.6 Å². The standard InChI is InChI=1S/C41H50N10O3S/c1-48-35-22-30(7-8-33(35)37(47-48)45-36(53)9-16-42-26-52)29-10-17-49(18-11-29)24-28-3-2-4-32(21-28)55-50-19-12-31(13-20-50)44-40-43-23-34-38(46-40)51(25-27-5-6-27)39(54)41(34)14-15-41/h2-4,7-8,21-23,26-27,29,31H,5-6,9-20,24-25H2,1H3,(H,42,52)(H,43,44,46)(H,45,47,53). The van der Waals surface area contributed by atoms with Crippen molar-refractivity contribution < 1.29 is 14.4 Å². The van der Waals surface area contributed by atoms with E-state index in [1.54, 1.807) is 0 Å². The van der Waals surface area contributed by atoms with Crippen LogP contribution in [0.2, 0.25) is 0 Å². The zero-order valence-corrected chi connectivity index (χ0v) is 32.3. The maximum Gasteiger partial charge on any atom is 0.239 e. The van der Waals surface area contributed by atoms with Crippen LogP contribution in [-0.4, -0.2) is 92.5 Å². The fraction of sp³-hybridized carbons (Fsp3) is 0.512. The molecule has 3 amide bonds. The van der Waals surface area contributed by atoms with Crippen LogP contribution in [0, 0.1) is 5.92 Å². The van der Waals surface area contributed by atoms with Gasteiger partial charge < -0.3 is 16.0 Å². The molecule has 13 nitrogen and oxygen atoms in total. The van der Waals surface area contributed by atoms with Crippen LogP contribution in [0.5, 0.6) is 0 Å². The van der Waals surface area contributed by atoms with Gasteiger partial charge in [-0.1, -0.05) is 18.2 Å². The minimum atomic E-state index is -0.328. The predicted octanol–water partition coefficient (Wildman–Crippen LogP) is 5.19. The highest BCUT2D eigenvalue weighted by molar-refractivity contribution is 7.97. The average molecular weight is 763 g/mol. The molecular formula is C41H50N10O3S. The molecule has 55 heavy (non-hydrogen) atoms. The maximum atomic E-state index is 13.3. The number of rotatable bonds is 14. The van der Waals surface area contributed by atoms with Crippen LogP contribution in [0.25, 0.3) is 10.9 Å². The lowest BCUT2D eigenvalue weighted by Gasteiger charge is -2.33. The molecule has 0 bridgehead atoms. The van der Waals surface area contributed by atoms with Crippen molar-refractivity contribution in [3.63, 3.8) is 0 Å². The minimum absolute atomic E-state index is 0.173. The first kappa shape index (κ1) is 36.1. The summed E-state index contributed by atoms with van der Waals surface area (Å²) in [6, 6.07) is 15.8. The van der Waals surface area contributed by atoms with Crippen molar-refractivity contribution in [2.45, 2.75) is 86.6 Å². The summed E-state index contributed by atoms with van der Waals surface area (Å²) in [5.74, 6) is 3.25. The molecule has 0 radical (unpaired) electrons. The number of fused-ring (bicyclic) bond motifs is 3. The number of anilines is 3. The molecule has 4 fully saturated rings. The van der Waals surface area contributed by atoms with E-state index in [4.69, 9.17) is 9.97 Å². The van der Waals surface area contributed by atoms with Crippen molar-refractivity contribution in [3.8, 4) is 0 Å². The van der Waals surface area contributed by atoms with Crippen LogP contribution in [0.1, 0.15) is 80.4 Å². The zero-order valence-electron chi connectivity index (χ0n) is 31.5. The molecular weight excluding hydrogens is 713 g/mol. The number of hydrogen-bond acceptors (Lipinski definition) is 10. The third-order valence-corrected chi connectivity index (χ3v) is 13.3. The molecule has 3 N–H and O–H groups in total. The topological polar surface area (TPSA) is 141 Å². The van der Waals surface area contributed by atoms with Gasteiger partial charge in [-0.15, -0.1) is 0 Å². The van der Waals surface area contributed by atoms with E-state index in [0.717, 1.165) is 100 Å². The Morgan fingerprint density at radius 1 is 1.02 bits per heavy atom. The van der Waals surface area contributed by atoms with Crippen LogP contribution >= 0.6 is 11.9 Å². The summed E-state index contributed by atoms with van der Waals surface area (Å²) in [7, 11) is 1.91. The molecule has 1 spiro atoms. The van der Waals surface area contributed by atoms with Gasteiger partial charge in [0, 0.05) is 74.3 Å². The summed E-state index contributed by atoms with van der Waals surface area (Å²) < 4.78 is 4.31. The van der Waals surface area contributed by atoms with Crippen LogP contribution in [0.3, 0.4) is 0 Å². The fourth-order valence-electron chi connectivity index (χ4n) is 8.66. The van der Waals surface area contributed by atoms with Crippen molar-refractivity contribution in [1.82, 2.24) is 34.3 Å². The number of aryl methyl sites for hydroxylation is 1. The summed E-state index contributed by atoms with van der Waals surface area (Å²) in [5.41, 5.74) is 4.39. The molecule has 14 heteroatoms. The van der Waals surface area contributed by atoms with E-state index in [1.807, 2.05) is 34.8 Å². The molecule has 2 aliphatic carbocycles. The summed E-state index contributed by atoms with van der Waals surface area (Å²) in [5, 5.41) is 14.5. The van der Waals surface area contributed by atoms with E-state index >= 15 is 0 Å². The SMILES string of the molecule is Cn1nc(NC(=O)CCNC=O)c2ccc(C3CCN(Cc4cccc(SN5CCC(Nc6ncc7c(n6)N(CC6CC6)C(=O)C76CC6)CC5)c4)CC3)cc21. The van der Waals surface area contributed by atoms with Gasteiger partial charge in [-0.3, -0.25) is 28.9 Å². The van der Waals surface area contributed by atoms with E-state index in [-0.39, 0.29) is 23.7 Å². The van der Waals surface area contributed by atoms with E-state index in [1.165, 1.54) is 28.9 Å². The lowest BCUT2D eigenvalue weighted by molar-refractivity contribution is -0.120. The molecule has 0 atom stereocenters. The summed E-state index contributed by atoms with van der Waals surface area (Å²) >= 11 is 1.86. The van der Waals surface area contributed by atoms with Gasteiger partial charge in [0.2, 0.25) is 24.2 Å². The molecule has 2 aromatic heterocycles. The Kier molecular flexibility index (Phi) is 9.98. The van der Waals surface area contributed by atoms with E-state index < -0.39 is 0 Å². The number of carbonyl (C=O) groups is 3. The Labute approximate surface area is 326 Å². The quantitative estimate of drug-likeness (QED) is 0.0894. The fourth-order valence-corrected chi connectivity index (χ4v) is 9.69. The van der Waals surface area contributed by atoms with Crippen molar-refractivity contribution in [2.75, 3.05) is 54.8 Å². The van der Waals surface area contributed by atoms with Crippen molar-refractivity contribution in [1.29, 1.82) is 0 Å². The average Bonchev–Trinajstić information content (AvgIpc) is 4.13. The lowest BCUT2D eigenvalue weighted by Crippen LogP contribution is -2.36. The highest BCUT2D eigenvalue weighted by Crippen LogP contribution is 2.57. The normalized spacial score (nSPS) is 20.2. The van der Waals surface area contributed by atoms with E-state index in [2.05, 4.69) is 72.7 Å². The number of piperidine rings is 2. The highest BCUT2D eigenvalue weighted by atomic mass is 32.2. The molecule has 288 valence electrons. The Balaban J connectivity index is 0.742. The smallest absolute Gasteiger partial charge is 0.239 e. The second-order valence-electron chi connectivity index (χ2n) is 16.1. The molecule has 2 saturated heterocycles. The molecule has 5 heterocycles. The van der Waals surface area contributed by atoms with E-state index in [0.29, 0.717) is 42.6 Å². The van der Waals surface area contributed by atoms with Crippen LogP contribution < -0.4 is 20.9 Å². The van der Waals surface area contributed by atoms with Gasteiger partial charge in [-0.05, 0) is 124 Å². The number of nitrogens with one attached hydrogen (secondary N) is 3. The molecule has 3 aliphatic heterocycles. The number of carbonyl (C=O) groups excluding carboxylic acids is 3. The minimum Gasteiger partial charge on any atom is -0.358 e. The molecule has 9 rings (SSSR count). The van der Waals surface area contributed by atoms with Crippen molar-refractivity contribution in [3.05, 3.63) is 65.4 Å². The zero-order chi connectivity index (χ0) is 37.5. The number of likely N-dealkylation sites (tertiary alicyclic amines) is 1. The third kappa shape index (κ3) is 7.68. The number of amides is 3. The first-order valence-corrected chi connectivity index (χ1v) is 20.8. The first-order valence-electron chi connectivity index (χ1n) is 20.0. The van der Waals surface area contributed by atoms with Gasteiger partial charge in [0.05, 0.1) is 10.9 Å². The van der Waals surface area contributed by atoms with Gasteiger partial charge in [-0.25, -0.2) is 9.29 Å². The third-order valence-electron chi connectivity index (χ3n) is 12.2. The van der Waals surface area contributed by atoms with Crippen molar-refractivity contribution in [2.24, 2.45) is 13.0 Å². The van der Waals surface area contributed by atoms with Crippen LogP contribution in [0.15, 0.2) is 53.6 Å². The van der Waals surface area contributed by atoms with Gasteiger partial charge in [-0.2, -0.15) is 10.1 Å². The Bertz CT molecular complexity index is 2080. The summed E-state index contributed by atoms with van der Waals surface area (Å²) in [6.07, 6.45) is 11.2. The number of nitrogens with zero attached hydrogens (tertiary/aromatic N) is 7. The summed E-state index contributed by atoms with van der Waals surface area (Å²) in [6.45, 7) is 6.12. The lowest BCUT2D eigenvalue weighted by atomic mass is 9.89.